The highest BCUT2D eigenvalue weighted by atomic mass is 32.2. The van der Waals surface area contributed by atoms with Crippen molar-refractivity contribution >= 4 is 17.7 Å². The number of amides is 1. The van der Waals surface area contributed by atoms with Gasteiger partial charge in [-0.05, 0) is 31.9 Å². The number of rotatable bonds is 5. The lowest BCUT2D eigenvalue weighted by Crippen LogP contribution is -2.42. The molecule has 20 heavy (non-hydrogen) atoms. The van der Waals surface area contributed by atoms with Gasteiger partial charge in [-0.25, -0.2) is 4.98 Å². The minimum Gasteiger partial charge on any atom is -0.348 e. The van der Waals surface area contributed by atoms with E-state index in [1.54, 1.807) is 0 Å². The molecule has 0 aromatic carbocycles. The molecule has 0 bridgehead atoms. The average molecular weight is 294 g/mol. The zero-order valence-corrected chi connectivity index (χ0v) is 12.8. The molecule has 6 heteroatoms. The summed E-state index contributed by atoms with van der Waals surface area (Å²) in [5.41, 5.74) is 0. The van der Waals surface area contributed by atoms with E-state index < -0.39 is 0 Å². The SMILES string of the molecule is CSC1(CNC(=O)c2n[nH]c(C3CC3)n2)CCCCC1. The lowest BCUT2D eigenvalue weighted by molar-refractivity contribution is 0.0937. The van der Waals surface area contributed by atoms with Crippen molar-refractivity contribution in [2.75, 3.05) is 12.8 Å². The smallest absolute Gasteiger partial charge is 0.291 e. The van der Waals surface area contributed by atoms with Crippen LogP contribution in [0.15, 0.2) is 0 Å². The molecule has 0 unspecified atom stereocenters. The van der Waals surface area contributed by atoms with Crippen LogP contribution in [-0.4, -0.2) is 38.6 Å². The summed E-state index contributed by atoms with van der Waals surface area (Å²) in [5.74, 6) is 1.51. The minimum absolute atomic E-state index is 0.146. The molecule has 0 aliphatic heterocycles. The molecule has 5 nitrogen and oxygen atoms in total. The molecule has 1 amide bonds. The molecule has 110 valence electrons. The van der Waals surface area contributed by atoms with Crippen LogP contribution in [0.4, 0.5) is 0 Å². The number of hydrogen-bond acceptors (Lipinski definition) is 4. The predicted molar refractivity (Wildman–Crippen MR) is 80.0 cm³/mol. The minimum atomic E-state index is -0.146. The first kappa shape index (κ1) is 13.9. The number of nitrogens with one attached hydrogen (secondary N) is 2. The van der Waals surface area contributed by atoms with Gasteiger partial charge in [0, 0.05) is 17.2 Å². The Morgan fingerprint density at radius 2 is 2.15 bits per heavy atom. The Balaban J connectivity index is 1.57. The molecule has 2 saturated carbocycles. The van der Waals surface area contributed by atoms with E-state index in [4.69, 9.17) is 0 Å². The Morgan fingerprint density at radius 1 is 1.40 bits per heavy atom. The van der Waals surface area contributed by atoms with Crippen molar-refractivity contribution in [3.05, 3.63) is 11.6 Å². The fourth-order valence-corrected chi connectivity index (χ4v) is 3.80. The van der Waals surface area contributed by atoms with E-state index in [0.717, 1.165) is 25.2 Å². The monoisotopic (exact) mass is 294 g/mol. The highest BCUT2D eigenvalue weighted by molar-refractivity contribution is 8.00. The van der Waals surface area contributed by atoms with Gasteiger partial charge in [0.25, 0.3) is 5.91 Å². The number of aromatic amines is 1. The Hall–Kier alpha value is -1.04. The van der Waals surface area contributed by atoms with Crippen LogP contribution in [0.1, 0.15) is 67.3 Å². The number of H-pyrrole nitrogens is 1. The van der Waals surface area contributed by atoms with E-state index in [2.05, 4.69) is 26.8 Å². The van der Waals surface area contributed by atoms with E-state index in [1.807, 2.05) is 11.8 Å². The molecule has 1 aromatic heterocycles. The second-order valence-electron chi connectivity index (χ2n) is 5.95. The van der Waals surface area contributed by atoms with Crippen molar-refractivity contribution < 1.29 is 4.79 Å². The van der Waals surface area contributed by atoms with E-state index in [-0.39, 0.29) is 10.7 Å². The van der Waals surface area contributed by atoms with Gasteiger partial charge < -0.3 is 5.32 Å². The van der Waals surface area contributed by atoms with Gasteiger partial charge >= 0.3 is 0 Å². The van der Waals surface area contributed by atoms with Gasteiger partial charge in [-0.1, -0.05) is 19.3 Å². The Labute approximate surface area is 123 Å². The largest absolute Gasteiger partial charge is 0.348 e. The third-order valence-corrected chi connectivity index (χ3v) is 5.86. The summed E-state index contributed by atoms with van der Waals surface area (Å²) in [7, 11) is 0. The molecule has 1 heterocycles. The maximum Gasteiger partial charge on any atom is 0.291 e. The van der Waals surface area contributed by atoms with Gasteiger partial charge in [0.2, 0.25) is 5.82 Å². The average Bonchev–Trinajstić information content (AvgIpc) is 3.23. The standard InChI is InChI=1S/C14H22N4OS/c1-20-14(7-3-2-4-8-14)9-15-13(19)12-16-11(17-18-12)10-5-6-10/h10H,2-9H2,1H3,(H,15,19)(H,16,17,18). The van der Waals surface area contributed by atoms with Crippen molar-refractivity contribution in [3.63, 3.8) is 0 Å². The zero-order chi connectivity index (χ0) is 14.0. The summed E-state index contributed by atoms with van der Waals surface area (Å²) < 4.78 is 0.212. The highest BCUT2D eigenvalue weighted by Crippen LogP contribution is 2.38. The van der Waals surface area contributed by atoms with Crippen molar-refractivity contribution in [2.24, 2.45) is 0 Å². The molecule has 0 radical (unpaired) electrons. The van der Waals surface area contributed by atoms with Crippen LogP contribution in [0.2, 0.25) is 0 Å². The normalized spacial score (nSPS) is 21.6. The van der Waals surface area contributed by atoms with Crippen molar-refractivity contribution in [1.29, 1.82) is 0 Å². The maximum absolute atomic E-state index is 12.1. The van der Waals surface area contributed by atoms with Gasteiger partial charge in [0.15, 0.2) is 0 Å². The molecule has 1 aromatic rings. The van der Waals surface area contributed by atoms with Crippen LogP contribution < -0.4 is 5.32 Å². The van der Waals surface area contributed by atoms with Crippen LogP contribution in [-0.2, 0) is 0 Å². The first-order chi connectivity index (χ1) is 9.72. The molecule has 0 saturated heterocycles. The van der Waals surface area contributed by atoms with Crippen molar-refractivity contribution in [2.45, 2.75) is 55.6 Å². The summed E-state index contributed by atoms with van der Waals surface area (Å²) in [5, 5.41) is 9.95. The summed E-state index contributed by atoms with van der Waals surface area (Å²) in [6.07, 6.45) is 10.7. The fourth-order valence-electron chi connectivity index (χ4n) is 2.88. The predicted octanol–water partition coefficient (Wildman–Crippen LogP) is 2.48. The van der Waals surface area contributed by atoms with Gasteiger partial charge in [-0.15, -0.1) is 5.10 Å². The number of aromatic nitrogens is 3. The molecule has 3 rings (SSSR count). The Morgan fingerprint density at radius 3 is 2.80 bits per heavy atom. The van der Waals surface area contributed by atoms with Gasteiger partial charge in [-0.3, -0.25) is 9.89 Å². The van der Waals surface area contributed by atoms with Crippen LogP contribution in [0, 0.1) is 0 Å². The van der Waals surface area contributed by atoms with Gasteiger partial charge in [0.1, 0.15) is 5.82 Å². The summed E-state index contributed by atoms with van der Waals surface area (Å²) in [4.78, 5) is 16.4. The number of carbonyl (C=O) groups is 1. The van der Waals surface area contributed by atoms with Crippen LogP contribution in [0.3, 0.4) is 0 Å². The maximum atomic E-state index is 12.1. The quantitative estimate of drug-likeness (QED) is 0.875. The number of carbonyl (C=O) groups excluding carboxylic acids is 1. The molecule has 2 aliphatic carbocycles. The third-order valence-electron chi connectivity index (χ3n) is 4.44. The van der Waals surface area contributed by atoms with Crippen LogP contribution in [0.5, 0.6) is 0 Å². The second kappa shape index (κ2) is 5.76. The fraction of sp³-hybridized carbons (Fsp3) is 0.786. The van der Waals surface area contributed by atoms with E-state index in [1.165, 1.54) is 32.1 Å². The molecule has 0 spiro atoms. The van der Waals surface area contributed by atoms with E-state index in [0.29, 0.717) is 11.7 Å². The molecular weight excluding hydrogens is 272 g/mol. The molecular formula is C14H22N4OS. The first-order valence-corrected chi connectivity index (χ1v) is 8.71. The second-order valence-corrected chi connectivity index (χ2v) is 7.22. The molecule has 2 aliphatic rings. The van der Waals surface area contributed by atoms with Crippen LogP contribution >= 0.6 is 11.8 Å². The van der Waals surface area contributed by atoms with Crippen molar-refractivity contribution in [1.82, 2.24) is 20.5 Å². The first-order valence-electron chi connectivity index (χ1n) is 7.48. The number of thioether (sulfide) groups is 1. The zero-order valence-electron chi connectivity index (χ0n) is 11.9. The van der Waals surface area contributed by atoms with Crippen LogP contribution in [0.25, 0.3) is 0 Å². The molecule has 2 fully saturated rings. The topological polar surface area (TPSA) is 70.7 Å². The summed E-state index contributed by atoms with van der Waals surface area (Å²) in [6, 6.07) is 0. The lowest BCUT2D eigenvalue weighted by Gasteiger charge is -2.35. The Kier molecular flexibility index (Phi) is 4.01. The van der Waals surface area contributed by atoms with Gasteiger partial charge in [-0.2, -0.15) is 11.8 Å². The summed E-state index contributed by atoms with van der Waals surface area (Å²) in [6.45, 7) is 0.723. The molecule has 2 N–H and O–H groups in total. The number of nitrogens with zero attached hydrogens (tertiary/aromatic N) is 2. The summed E-state index contributed by atoms with van der Waals surface area (Å²) >= 11 is 1.89. The molecule has 0 atom stereocenters. The van der Waals surface area contributed by atoms with Crippen molar-refractivity contribution in [3.8, 4) is 0 Å². The number of hydrogen-bond donors (Lipinski definition) is 2. The van der Waals surface area contributed by atoms with E-state index >= 15 is 0 Å². The third kappa shape index (κ3) is 3.00. The Bertz CT molecular complexity index is 477. The van der Waals surface area contributed by atoms with E-state index in [9.17, 15) is 4.79 Å². The lowest BCUT2D eigenvalue weighted by atomic mass is 9.88. The van der Waals surface area contributed by atoms with Gasteiger partial charge in [0.05, 0.1) is 0 Å². The highest BCUT2D eigenvalue weighted by Gasteiger charge is 2.32.